The predicted octanol–water partition coefficient (Wildman–Crippen LogP) is 2.61. The lowest BCUT2D eigenvalue weighted by Gasteiger charge is -2.25. The molecule has 1 aliphatic heterocycles. The highest BCUT2D eigenvalue weighted by Gasteiger charge is 2.11. The molecule has 0 N–H and O–H groups in total. The standard InChI is InChI=1S/C12H14N2/c1-10(2)8-14-9-13-7-11-5-3-4-6-12(11)14/h3-6,9H,1,7-8H2,2H3. The Morgan fingerprint density at radius 1 is 1.50 bits per heavy atom. The molecule has 0 amide bonds. The van der Waals surface area contributed by atoms with Gasteiger partial charge in [0.25, 0.3) is 0 Å². The summed E-state index contributed by atoms with van der Waals surface area (Å²) in [6.07, 6.45) is 1.90. The topological polar surface area (TPSA) is 15.6 Å². The first-order chi connectivity index (χ1) is 6.77. The van der Waals surface area contributed by atoms with Gasteiger partial charge < -0.3 is 4.90 Å². The van der Waals surface area contributed by atoms with Crippen molar-refractivity contribution >= 4 is 12.0 Å². The van der Waals surface area contributed by atoms with Crippen LogP contribution >= 0.6 is 0 Å². The lowest BCUT2D eigenvalue weighted by atomic mass is 10.1. The molecule has 1 aliphatic rings. The fourth-order valence-corrected chi connectivity index (χ4v) is 1.64. The van der Waals surface area contributed by atoms with E-state index in [4.69, 9.17) is 0 Å². The Morgan fingerprint density at radius 3 is 3.07 bits per heavy atom. The third-order valence-electron chi connectivity index (χ3n) is 2.22. The van der Waals surface area contributed by atoms with Crippen LogP contribution in [0.15, 0.2) is 41.4 Å². The summed E-state index contributed by atoms with van der Waals surface area (Å²) in [5.74, 6) is 0. The summed E-state index contributed by atoms with van der Waals surface area (Å²) in [6, 6.07) is 8.36. The number of anilines is 1. The van der Waals surface area contributed by atoms with E-state index in [9.17, 15) is 0 Å². The quantitative estimate of drug-likeness (QED) is 0.648. The minimum Gasteiger partial charge on any atom is -0.328 e. The van der Waals surface area contributed by atoms with Crippen LogP contribution in [-0.4, -0.2) is 12.9 Å². The summed E-state index contributed by atoms with van der Waals surface area (Å²) in [4.78, 5) is 6.45. The van der Waals surface area contributed by atoms with Crippen LogP contribution < -0.4 is 4.90 Å². The van der Waals surface area contributed by atoms with Crippen LogP contribution in [0.25, 0.3) is 0 Å². The number of fused-ring (bicyclic) bond motifs is 1. The molecule has 1 aromatic rings. The fourth-order valence-electron chi connectivity index (χ4n) is 1.64. The Morgan fingerprint density at radius 2 is 2.29 bits per heavy atom. The van der Waals surface area contributed by atoms with Crippen molar-refractivity contribution in [1.29, 1.82) is 0 Å². The predicted molar refractivity (Wildman–Crippen MR) is 60.8 cm³/mol. The SMILES string of the molecule is C=C(C)CN1C=NCc2ccccc21. The second-order valence-corrected chi connectivity index (χ2v) is 3.67. The molecule has 0 unspecified atom stereocenters. The van der Waals surface area contributed by atoms with Gasteiger partial charge in [-0.25, -0.2) is 0 Å². The second kappa shape index (κ2) is 3.66. The maximum Gasteiger partial charge on any atom is 0.0901 e. The minimum absolute atomic E-state index is 0.795. The lowest BCUT2D eigenvalue weighted by Crippen LogP contribution is -2.26. The number of para-hydroxylation sites is 1. The second-order valence-electron chi connectivity index (χ2n) is 3.67. The molecule has 0 saturated heterocycles. The zero-order valence-corrected chi connectivity index (χ0v) is 8.40. The zero-order valence-electron chi connectivity index (χ0n) is 8.40. The van der Waals surface area contributed by atoms with Crippen molar-refractivity contribution in [2.75, 3.05) is 11.4 Å². The molecule has 0 radical (unpaired) electrons. The number of aliphatic imine (C=N–C) groups is 1. The summed E-state index contributed by atoms with van der Waals surface area (Å²) in [6.45, 7) is 7.59. The smallest absolute Gasteiger partial charge is 0.0901 e. The van der Waals surface area contributed by atoms with Crippen LogP contribution in [-0.2, 0) is 6.54 Å². The van der Waals surface area contributed by atoms with E-state index in [2.05, 4.69) is 40.7 Å². The minimum atomic E-state index is 0.795. The Kier molecular flexibility index (Phi) is 2.35. The molecule has 0 aromatic heterocycles. The van der Waals surface area contributed by atoms with Crippen LogP contribution in [0.3, 0.4) is 0 Å². The van der Waals surface area contributed by atoms with Crippen LogP contribution in [0.1, 0.15) is 12.5 Å². The highest BCUT2D eigenvalue weighted by Crippen LogP contribution is 2.23. The van der Waals surface area contributed by atoms with Gasteiger partial charge in [-0.05, 0) is 18.6 Å². The lowest BCUT2D eigenvalue weighted by molar-refractivity contribution is 0.975. The molecule has 0 fully saturated rings. The van der Waals surface area contributed by atoms with Gasteiger partial charge in [-0.2, -0.15) is 0 Å². The van der Waals surface area contributed by atoms with Crippen molar-refractivity contribution in [3.63, 3.8) is 0 Å². The zero-order chi connectivity index (χ0) is 9.97. The van der Waals surface area contributed by atoms with E-state index in [0.717, 1.165) is 18.7 Å². The third kappa shape index (κ3) is 1.69. The van der Waals surface area contributed by atoms with Crippen molar-refractivity contribution in [3.8, 4) is 0 Å². The molecule has 0 bridgehead atoms. The van der Waals surface area contributed by atoms with Crippen molar-refractivity contribution in [2.24, 2.45) is 4.99 Å². The van der Waals surface area contributed by atoms with Crippen LogP contribution in [0.4, 0.5) is 5.69 Å². The average Bonchev–Trinajstić information content (AvgIpc) is 2.18. The molecule has 1 aromatic carbocycles. The van der Waals surface area contributed by atoms with Crippen LogP contribution in [0.5, 0.6) is 0 Å². The van der Waals surface area contributed by atoms with Gasteiger partial charge in [-0.15, -0.1) is 0 Å². The molecule has 2 rings (SSSR count). The summed E-state index contributed by atoms with van der Waals surface area (Å²) in [7, 11) is 0. The van der Waals surface area contributed by atoms with Crippen molar-refractivity contribution in [3.05, 3.63) is 42.0 Å². The van der Waals surface area contributed by atoms with E-state index in [-0.39, 0.29) is 0 Å². The first-order valence-corrected chi connectivity index (χ1v) is 4.76. The molecule has 2 heteroatoms. The molecule has 1 heterocycles. The summed E-state index contributed by atoms with van der Waals surface area (Å²) in [5.41, 5.74) is 3.69. The van der Waals surface area contributed by atoms with Crippen LogP contribution in [0, 0.1) is 0 Å². The van der Waals surface area contributed by atoms with Crippen molar-refractivity contribution in [1.82, 2.24) is 0 Å². The molecule has 2 nitrogen and oxygen atoms in total. The molecule has 0 saturated carbocycles. The normalized spacial score (nSPS) is 13.9. The molecule has 72 valence electrons. The number of nitrogens with zero attached hydrogens (tertiary/aromatic N) is 2. The van der Waals surface area contributed by atoms with Gasteiger partial charge >= 0.3 is 0 Å². The Bertz CT molecular complexity index is 380. The summed E-state index contributed by atoms with van der Waals surface area (Å²) < 4.78 is 0. The maximum atomic E-state index is 4.31. The fraction of sp³-hybridized carbons (Fsp3) is 0.250. The maximum absolute atomic E-state index is 4.31. The van der Waals surface area contributed by atoms with Gasteiger partial charge in [0, 0.05) is 12.2 Å². The largest absolute Gasteiger partial charge is 0.328 e. The summed E-state index contributed by atoms with van der Waals surface area (Å²) in [5, 5.41) is 0. The third-order valence-corrected chi connectivity index (χ3v) is 2.22. The Balaban J connectivity index is 2.31. The first-order valence-electron chi connectivity index (χ1n) is 4.76. The first kappa shape index (κ1) is 9.00. The van der Waals surface area contributed by atoms with Gasteiger partial charge in [0.05, 0.1) is 12.9 Å². The van der Waals surface area contributed by atoms with Gasteiger partial charge in [0.15, 0.2) is 0 Å². The highest BCUT2D eigenvalue weighted by atomic mass is 15.2. The van der Waals surface area contributed by atoms with Crippen molar-refractivity contribution in [2.45, 2.75) is 13.5 Å². The van der Waals surface area contributed by atoms with E-state index in [1.54, 1.807) is 0 Å². The Hall–Kier alpha value is -1.57. The number of hydrogen-bond acceptors (Lipinski definition) is 2. The van der Waals surface area contributed by atoms with E-state index < -0.39 is 0 Å². The molecule has 14 heavy (non-hydrogen) atoms. The number of benzene rings is 1. The molecule has 0 atom stereocenters. The van der Waals surface area contributed by atoms with Crippen LogP contribution in [0.2, 0.25) is 0 Å². The van der Waals surface area contributed by atoms with Gasteiger partial charge in [0.2, 0.25) is 0 Å². The average molecular weight is 186 g/mol. The summed E-state index contributed by atoms with van der Waals surface area (Å²) >= 11 is 0. The number of hydrogen-bond donors (Lipinski definition) is 0. The van der Waals surface area contributed by atoms with E-state index >= 15 is 0 Å². The van der Waals surface area contributed by atoms with E-state index in [1.165, 1.54) is 11.3 Å². The van der Waals surface area contributed by atoms with Crippen molar-refractivity contribution < 1.29 is 0 Å². The van der Waals surface area contributed by atoms with Gasteiger partial charge in [0.1, 0.15) is 0 Å². The molecule has 0 spiro atoms. The van der Waals surface area contributed by atoms with Gasteiger partial charge in [-0.3, -0.25) is 4.99 Å². The monoisotopic (exact) mass is 186 g/mol. The highest BCUT2D eigenvalue weighted by molar-refractivity contribution is 5.83. The number of rotatable bonds is 2. The van der Waals surface area contributed by atoms with E-state index in [1.807, 2.05) is 13.3 Å². The Labute approximate surface area is 84.6 Å². The molecular formula is C12H14N2. The molecule has 0 aliphatic carbocycles. The van der Waals surface area contributed by atoms with Gasteiger partial charge in [-0.1, -0.05) is 30.4 Å². The molecular weight excluding hydrogens is 172 g/mol. The van der Waals surface area contributed by atoms with E-state index in [0.29, 0.717) is 0 Å².